The highest BCUT2D eigenvalue weighted by atomic mass is 127. The van der Waals surface area contributed by atoms with Crippen molar-refractivity contribution in [1.82, 2.24) is 20.2 Å². The van der Waals surface area contributed by atoms with Crippen molar-refractivity contribution in [2.75, 3.05) is 13.6 Å². The van der Waals surface area contributed by atoms with Crippen LogP contribution in [0.2, 0.25) is 0 Å². The summed E-state index contributed by atoms with van der Waals surface area (Å²) in [7, 11) is 1.67. The molecule has 23 heavy (non-hydrogen) atoms. The van der Waals surface area contributed by atoms with Crippen LogP contribution in [0.15, 0.2) is 17.4 Å². The van der Waals surface area contributed by atoms with Gasteiger partial charge in [-0.2, -0.15) is 8.78 Å². The van der Waals surface area contributed by atoms with Gasteiger partial charge in [-0.1, -0.05) is 25.7 Å². The lowest BCUT2D eigenvalue weighted by Gasteiger charge is -2.13. The molecule has 5 nitrogen and oxygen atoms in total. The van der Waals surface area contributed by atoms with Crippen molar-refractivity contribution in [3.8, 4) is 0 Å². The summed E-state index contributed by atoms with van der Waals surface area (Å²) in [6, 6.07) is 0. The van der Waals surface area contributed by atoms with Crippen molar-refractivity contribution in [3.05, 3.63) is 18.2 Å². The smallest absolute Gasteiger partial charge is 0.319 e. The summed E-state index contributed by atoms with van der Waals surface area (Å²) < 4.78 is 26.3. The molecule has 0 saturated heterocycles. The maximum Gasteiger partial charge on any atom is 0.319 e. The van der Waals surface area contributed by atoms with Crippen LogP contribution in [0.1, 0.15) is 50.9 Å². The van der Waals surface area contributed by atoms with Crippen LogP contribution in [0.3, 0.4) is 0 Å². The lowest BCUT2D eigenvalue weighted by Crippen LogP contribution is -2.38. The number of aromatic nitrogens is 2. The summed E-state index contributed by atoms with van der Waals surface area (Å²) in [4.78, 5) is 8.03. The molecule has 2 N–H and O–H groups in total. The minimum Gasteiger partial charge on any atom is -0.356 e. The third-order valence-electron chi connectivity index (χ3n) is 4.15. The van der Waals surface area contributed by atoms with E-state index >= 15 is 0 Å². The van der Waals surface area contributed by atoms with Crippen molar-refractivity contribution in [3.63, 3.8) is 0 Å². The van der Waals surface area contributed by atoms with Crippen LogP contribution in [-0.4, -0.2) is 29.1 Å². The molecule has 132 valence electrons. The molecule has 1 saturated carbocycles. The molecule has 0 aromatic carbocycles. The van der Waals surface area contributed by atoms with E-state index in [0.29, 0.717) is 11.8 Å². The summed E-state index contributed by atoms with van der Waals surface area (Å²) in [6.07, 6.45) is 10.5. The molecule has 0 radical (unpaired) electrons. The van der Waals surface area contributed by atoms with Gasteiger partial charge in [-0.05, 0) is 18.8 Å². The summed E-state index contributed by atoms with van der Waals surface area (Å²) in [6.45, 7) is -1.50. The Morgan fingerprint density at radius 1 is 1.39 bits per heavy atom. The van der Waals surface area contributed by atoms with E-state index in [-0.39, 0.29) is 30.5 Å². The van der Waals surface area contributed by atoms with Gasteiger partial charge < -0.3 is 10.6 Å². The fraction of sp³-hybridized carbons (Fsp3) is 0.733. The number of nitrogens with zero attached hydrogens (tertiary/aromatic N) is 3. The van der Waals surface area contributed by atoms with Gasteiger partial charge in [0.25, 0.3) is 0 Å². The highest BCUT2D eigenvalue weighted by Gasteiger charge is 2.14. The summed E-state index contributed by atoms with van der Waals surface area (Å²) in [5.74, 6) is 1.80. The van der Waals surface area contributed by atoms with Gasteiger partial charge in [0.2, 0.25) is 0 Å². The molecule has 1 aliphatic rings. The molecule has 1 fully saturated rings. The number of imidazole rings is 1. The quantitative estimate of drug-likeness (QED) is 0.295. The van der Waals surface area contributed by atoms with Crippen molar-refractivity contribution >= 4 is 29.9 Å². The number of aliphatic imine (C=N–C) groups is 1. The van der Waals surface area contributed by atoms with Crippen LogP contribution in [0, 0.1) is 5.92 Å². The molecule has 0 bridgehead atoms. The zero-order valence-corrected chi connectivity index (χ0v) is 15.8. The van der Waals surface area contributed by atoms with Gasteiger partial charge in [-0.3, -0.25) is 9.56 Å². The number of alkyl halides is 2. The number of guanidine groups is 1. The minimum absolute atomic E-state index is 0. The van der Waals surface area contributed by atoms with E-state index in [9.17, 15) is 8.78 Å². The van der Waals surface area contributed by atoms with E-state index in [1.54, 1.807) is 7.05 Å². The van der Waals surface area contributed by atoms with Gasteiger partial charge in [0.1, 0.15) is 5.82 Å². The van der Waals surface area contributed by atoms with Crippen molar-refractivity contribution in [2.24, 2.45) is 10.9 Å². The van der Waals surface area contributed by atoms with E-state index in [0.717, 1.165) is 23.5 Å². The highest BCUT2D eigenvalue weighted by Crippen LogP contribution is 2.28. The normalized spacial score (nSPS) is 15.7. The van der Waals surface area contributed by atoms with Gasteiger partial charge >= 0.3 is 6.55 Å². The van der Waals surface area contributed by atoms with Crippen LogP contribution >= 0.6 is 24.0 Å². The summed E-state index contributed by atoms with van der Waals surface area (Å²) in [5.41, 5.74) is 0. The molecular formula is C15H26F2IN5. The Kier molecular flexibility index (Phi) is 9.42. The van der Waals surface area contributed by atoms with Gasteiger partial charge in [0.15, 0.2) is 5.96 Å². The number of rotatable bonds is 7. The Bertz CT molecular complexity index is 472. The molecule has 2 rings (SSSR count). The standard InChI is InChI=1S/C15H25F2N5.HI/c1-18-15(20-8-4-7-12-5-2-3-6-12)21-11-13-19-9-10-22(13)14(16)17;/h9-10,12,14H,2-8,11H2,1H3,(H2,18,20,21);1H. The zero-order valence-electron chi connectivity index (χ0n) is 13.5. The van der Waals surface area contributed by atoms with E-state index in [2.05, 4.69) is 20.6 Å². The number of halogens is 3. The maximum absolute atomic E-state index is 12.7. The number of hydrogen-bond acceptors (Lipinski definition) is 2. The topological polar surface area (TPSA) is 54.2 Å². The second-order valence-electron chi connectivity index (χ2n) is 5.67. The van der Waals surface area contributed by atoms with Crippen LogP contribution < -0.4 is 10.6 Å². The fourth-order valence-corrected chi connectivity index (χ4v) is 2.94. The second kappa shape index (κ2) is 10.8. The maximum atomic E-state index is 12.7. The Hall–Kier alpha value is -0.930. The zero-order chi connectivity index (χ0) is 15.8. The average Bonchev–Trinajstić information content (AvgIpc) is 3.17. The van der Waals surface area contributed by atoms with Crippen LogP contribution in [0.5, 0.6) is 0 Å². The Balaban J connectivity index is 0.00000264. The molecule has 1 aliphatic carbocycles. The number of nitrogens with one attached hydrogen (secondary N) is 2. The predicted molar refractivity (Wildman–Crippen MR) is 98.3 cm³/mol. The lowest BCUT2D eigenvalue weighted by atomic mass is 10.0. The first-order valence-corrected chi connectivity index (χ1v) is 7.95. The highest BCUT2D eigenvalue weighted by molar-refractivity contribution is 14.0. The molecule has 0 atom stereocenters. The molecule has 8 heteroatoms. The second-order valence-corrected chi connectivity index (χ2v) is 5.67. The predicted octanol–water partition coefficient (Wildman–Crippen LogP) is 3.53. The Labute approximate surface area is 153 Å². The SMILES string of the molecule is CN=C(NCCCC1CCCC1)NCc1nccn1C(F)F.I. The van der Waals surface area contributed by atoms with Gasteiger partial charge in [-0.15, -0.1) is 24.0 Å². The van der Waals surface area contributed by atoms with Crippen LogP contribution in [0.4, 0.5) is 8.78 Å². The first-order valence-electron chi connectivity index (χ1n) is 7.95. The Morgan fingerprint density at radius 2 is 2.13 bits per heavy atom. The first kappa shape index (κ1) is 20.1. The molecule has 1 heterocycles. The molecule has 1 aromatic rings. The molecule has 0 amide bonds. The lowest BCUT2D eigenvalue weighted by molar-refractivity contribution is 0.0668. The molecule has 0 aliphatic heterocycles. The van der Waals surface area contributed by atoms with Gasteiger partial charge in [0, 0.05) is 26.0 Å². The van der Waals surface area contributed by atoms with E-state index in [1.807, 2.05) is 0 Å². The summed E-state index contributed by atoms with van der Waals surface area (Å²) in [5, 5.41) is 6.24. The third kappa shape index (κ3) is 6.60. The van der Waals surface area contributed by atoms with E-state index in [1.165, 1.54) is 44.5 Å². The van der Waals surface area contributed by atoms with Gasteiger partial charge in [-0.25, -0.2) is 4.98 Å². The van der Waals surface area contributed by atoms with Crippen LogP contribution in [-0.2, 0) is 6.54 Å². The molecule has 1 aromatic heterocycles. The van der Waals surface area contributed by atoms with Crippen molar-refractivity contribution in [1.29, 1.82) is 0 Å². The van der Waals surface area contributed by atoms with Crippen LogP contribution in [0.25, 0.3) is 0 Å². The fourth-order valence-electron chi connectivity index (χ4n) is 2.94. The number of hydrogen-bond donors (Lipinski definition) is 2. The van der Waals surface area contributed by atoms with Gasteiger partial charge in [0.05, 0.1) is 6.54 Å². The summed E-state index contributed by atoms with van der Waals surface area (Å²) >= 11 is 0. The molecular weight excluding hydrogens is 415 g/mol. The molecule has 0 spiro atoms. The Morgan fingerprint density at radius 3 is 2.78 bits per heavy atom. The largest absolute Gasteiger partial charge is 0.356 e. The third-order valence-corrected chi connectivity index (χ3v) is 4.15. The minimum atomic E-state index is -2.57. The van der Waals surface area contributed by atoms with Crippen molar-refractivity contribution < 1.29 is 8.78 Å². The monoisotopic (exact) mass is 441 g/mol. The molecule has 0 unspecified atom stereocenters. The first-order chi connectivity index (χ1) is 10.7. The van der Waals surface area contributed by atoms with E-state index < -0.39 is 6.55 Å². The average molecular weight is 441 g/mol. The van der Waals surface area contributed by atoms with Crippen molar-refractivity contribution in [2.45, 2.75) is 51.6 Å². The van der Waals surface area contributed by atoms with E-state index in [4.69, 9.17) is 0 Å².